The lowest BCUT2D eigenvalue weighted by Crippen LogP contribution is -2.22. The highest BCUT2D eigenvalue weighted by molar-refractivity contribution is 14.1. The molecule has 0 aliphatic carbocycles. The predicted molar refractivity (Wildman–Crippen MR) is 73.4 cm³/mol. The molecule has 4 nitrogen and oxygen atoms in total. The standard InChI is InChI=1S/C11H13IO4S/c1-8(11(13)14)6-17(15,16)7-9-3-2-4-10(12)5-9/h2-5,8H,6-7H2,1H3,(H,13,14). The monoisotopic (exact) mass is 368 g/mol. The maximum absolute atomic E-state index is 11.8. The lowest BCUT2D eigenvalue weighted by atomic mass is 10.2. The van der Waals surface area contributed by atoms with Crippen LogP contribution < -0.4 is 0 Å². The minimum atomic E-state index is -3.38. The van der Waals surface area contributed by atoms with Gasteiger partial charge < -0.3 is 5.11 Å². The van der Waals surface area contributed by atoms with Crippen molar-refractivity contribution in [3.8, 4) is 0 Å². The minimum absolute atomic E-state index is 0.110. The first kappa shape index (κ1) is 14.4. The second kappa shape index (κ2) is 5.81. The van der Waals surface area contributed by atoms with E-state index in [0.717, 1.165) is 3.57 Å². The van der Waals surface area contributed by atoms with Crippen LogP contribution in [0, 0.1) is 9.49 Å². The van der Waals surface area contributed by atoms with Crippen LogP contribution in [0.4, 0.5) is 0 Å². The van der Waals surface area contributed by atoms with E-state index in [-0.39, 0.29) is 11.5 Å². The van der Waals surface area contributed by atoms with Crippen LogP contribution in [-0.2, 0) is 20.4 Å². The summed E-state index contributed by atoms with van der Waals surface area (Å²) in [6.07, 6.45) is 0. The van der Waals surface area contributed by atoms with E-state index in [0.29, 0.717) is 5.56 Å². The van der Waals surface area contributed by atoms with Crippen LogP contribution in [0.1, 0.15) is 12.5 Å². The first-order chi connectivity index (χ1) is 7.80. The molecule has 0 saturated carbocycles. The van der Waals surface area contributed by atoms with Crippen molar-refractivity contribution in [1.29, 1.82) is 0 Å². The maximum Gasteiger partial charge on any atom is 0.307 e. The van der Waals surface area contributed by atoms with Crippen LogP contribution in [0.5, 0.6) is 0 Å². The molecule has 0 aromatic heterocycles. The van der Waals surface area contributed by atoms with Crippen molar-refractivity contribution in [3.63, 3.8) is 0 Å². The number of aliphatic carboxylic acids is 1. The molecule has 0 heterocycles. The van der Waals surface area contributed by atoms with Crippen molar-refractivity contribution < 1.29 is 18.3 Å². The Morgan fingerprint density at radius 3 is 2.65 bits per heavy atom. The molecule has 6 heteroatoms. The Hall–Kier alpha value is -0.630. The van der Waals surface area contributed by atoms with Gasteiger partial charge in [0, 0.05) is 3.57 Å². The molecule has 17 heavy (non-hydrogen) atoms. The number of carboxylic acid groups (broad SMARTS) is 1. The van der Waals surface area contributed by atoms with Crippen LogP contribution in [0.2, 0.25) is 0 Å². The molecule has 0 aliphatic heterocycles. The molecule has 0 bridgehead atoms. The summed E-state index contributed by atoms with van der Waals surface area (Å²) >= 11 is 2.10. The topological polar surface area (TPSA) is 71.4 Å². The van der Waals surface area contributed by atoms with E-state index >= 15 is 0 Å². The number of carboxylic acids is 1. The largest absolute Gasteiger partial charge is 0.481 e. The summed E-state index contributed by atoms with van der Waals surface area (Å²) in [7, 11) is -3.38. The smallest absolute Gasteiger partial charge is 0.307 e. The van der Waals surface area contributed by atoms with Crippen molar-refractivity contribution in [2.24, 2.45) is 5.92 Å². The number of halogens is 1. The molecule has 0 radical (unpaired) electrons. The zero-order valence-corrected chi connectivity index (χ0v) is 12.2. The Kier molecular flexibility index (Phi) is 4.93. The number of rotatable bonds is 5. The second-order valence-electron chi connectivity index (χ2n) is 3.92. The molecule has 1 aromatic rings. The number of hydrogen-bond donors (Lipinski definition) is 1. The molecule has 0 aliphatic rings. The fourth-order valence-corrected chi connectivity index (χ4v) is 3.71. The number of sulfone groups is 1. The van der Waals surface area contributed by atoms with Gasteiger partial charge in [-0.1, -0.05) is 19.1 Å². The van der Waals surface area contributed by atoms with Gasteiger partial charge in [-0.15, -0.1) is 0 Å². The minimum Gasteiger partial charge on any atom is -0.481 e. The first-order valence-electron chi connectivity index (χ1n) is 4.98. The molecule has 1 atom stereocenters. The Balaban J connectivity index is 2.77. The van der Waals surface area contributed by atoms with Gasteiger partial charge in [0.2, 0.25) is 0 Å². The summed E-state index contributed by atoms with van der Waals surface area (Å²) in [5.41, 5.74) is 0.689. The average molecular weight is 368 g/mol. The molecule has 0 spiro atoms. The Morgan fingerprint density at radius 2 is 2.12 bits per heavy atom. The third-order valence-corrected chi connectivity index (χ3v) is 4.65. The fraction of sp³-hybridized carbons (Fsp3) is 0.364. The van der Waals surface area contributed by atoms with Crippen molar-refractivity contribution >= 4 is 38.4 Å². The Bertz CT molecular complexity index is 510. The predicted octanol–water partition coefficient (Wildman–Crippen LogP) is 1.93. The van der Waals surface area contributed by atoms with Crippen LogP contribution >= 0.6 is 22.6 Å². The zero-order chi connectivity index (χ0) is 13.1. The lowest BCUT2D eigenvalue weighted by molar-refractivity contribution is -0.140. The van der Waals surface area contributed by atoms with Gasteiger partial charge in [-0.05, 0) is 40.3 Å². The Labute approximate surface area is 114 Å². The summed E-state index contributed by atoms with van der Waals surface area (Å²) < 4.78 is 24.5. The molecule has 0 amide bonds. The van der Waals surface area contributed by atoms with Crippen LogP contribution in [0.25, 0.3) is 0 Å². The third-order valence-electron chi connectivity index (χ3n) is 2.20. The zero-order valence-electron chi connectivity index (χ0n) is 9.26. The molecule has 0 saturated heterocycles. The van der Waals surface area contributed by atoms with Crippen molar-refractivity contribution in [2.75, 3.05) is 5.75 Å². The summed E-state index contributed by atoms with van der Waals surface area (Å²) in [5.74, 6) is -2.39. The summed E-state index contributed by atoms with van der Waals surface area (Å²) in [4.78, 5) is 10.6. The van der Waals surface area contributed by atoms with E-state index in [9.17, 15) is 13.2 Å². The van der Waals surface area contributed by atoms with Crippen molar-refractivity contribution in [3.05, 3.63) is 33.4 Å². The van der Waals surface area contributed by atoms with E-state index < -0.39 is 21.7 Å². The Morgan fingerprint density at radius 1 is 1.47 bits per heavy atom. The fourth-order valence-electron chi connectivity index (χ4n) is 1.39. The highest BCUT2D eigenvalue weighted by atomic mass is 127. The van der Waals surface area contributed by atoms with Crippen LogP contribution in [-0.4, -0.2) is 25.2 Å². The van der Waals surface area contributed by atoms with E-state index in [2.05, 4.69) is 22.6 Å². The van der Waals surface area contributed by atoms with Gasteiger partial charge in [0.15, 0.2) is 9.84 Å². The second-order valence-corrected chi connectivity index (χ2v) is 7.28. The highest BCUT2D eigenvalue weighted by Crippen LogP contribution is 2.13. The van der Waals surface area contributed by atoms with Crippen LogP contribution in [0.3, 0.4) is 0 Å². The van der Waals surface area contributed by atoms with Gasteiger partial charge >= 0.3 is 5.97 Å². The van der Waals surface area contributed by atoms with Crippen LogP contribution in [0.15, 0.2) is 24.3 Å². The van der Waals surface area contributed by atoms with Gasteiger partial charge in [0.1, 0.15) is 0 Å². The van der Waals surface area contributed by atoms with Gasteiger partial charge in [0.05, 0.1) is 17.4 Å². The van der Waals surface area contributed by atoms with E-state index in [1.54, 1.807) is 18.2 Å². The lowest BCUT2D eigenvalue weighted by Gasteiger charge is -2.08. The molecule has 94 valence electrons. The van der Waals surface area contributed by atoms with Crippen molar-refractivity contribution in [2.45, 2.75) is 12.7 Å². The number of carbonyl (C=O) groups is 1. The van der Waals surface area contributed by atoms with Crippen molar-refractivity contribution in [1.82, 2.24) is 0 Å². The SMILES string of the molecule is CC(CS(=O)(=O)Cc1cccc(I)c1)C(=O)O. The first-order valence-corrected chi connectivity index (χ1v) is 7.88. The molecule has 1 N–H and O–H groups in total. The number of hydrogen-bond acceptors (Lipinski definition) is 3. The van der Waals surface area contributed by atoms with Gasteiger partial charge in [0.25, 0.3) is 0 Å². The molecular formula is C11H13IO4S. The number of benzene rings is 1. The highest BCUT2D eigenvalue weighted by Gasteiger charge is 2.21. The van der Waals surface area contributed by atoms with Gasteiger partial charge in [-0.2, -0.15) is 0 Å². The normalized spacial score (nSPS) is 13.3. The maximum atomic E-state index is 11.8. The summed E-state index contributed by atoms with van der Waals surface area (Å²) in [5, 5.41) is 8.69. The molecule has 1 unspecified atom stereocenters. The quantitative estimate of drug-likeness (QED) is 0.807. The van der Waals surface area contributed by atoms with E-state index in [1.165, 1.54) is 6.92 Å². The molecule has 1 aromatic carbocycles. The van der Waals surface area contributed by atoms with E-state index in [4.69, 9.17) is 5.11 Å². The molecule has 1 rings (SSSR count). The molecule has 0 fully saturated rings. The third kappa shape index (κ3) is 5.03. The average Bonchev–Trinajstić information content (AvgIpc) is 2.15. The molecular weight excluding hydrogens is 355 g/mol. The summed E-state index contributed by atoms with van der Waals surface area (Å²) in [6, 6.07) is 7.17. The van der Waals surface area contributed by atoms with Gasteiger partial charge in [-0.3, -0.25) is 4.79 Å². The van der Waals surface area contributed by atoms with Gasteiger partial charge in [-0.25, -0.2) is 8.42 Å². The van der Waals surface area contributed by atoms with E-state index in [1.807, 2.05) is 6.07 Å². The summed E-state index contributed by atoms with van der Waals surface area (Å²) in [6.45, 7) is 1.40.